The third kappa shape index (κ3) is 2.04. The van der Waals surface area contributed by atoms with E-state index in [9.17, 15) is 24.0 Å². The van der Waals surface area contributed by atoms with Crippen molar-refractivity contribution in [2.75, 3.05) is 10.6 Å². The fraction of sp³-hybridized carbons (Fsp3) is 0.125. The molecule has 0 saturated heterocycles. The van der Waals surface area contributed by atoms with Gasteiger partial charge in [-0.1, -0.05) is 42.5 Å². The van der Waals surface area contributed by atoms with Crippen molar-refractivity contribution in [3.63, 3.8) is 0 Å². The molecule has 162 valence electrons. The molecule has 3 heterocycles. The number of Topliss-reactive ketones (excluding diaryl/α,β-unsaturated/α-hetero) is 2. The lowest BCUT2D eigenvalue weighted by Gasteiger charge is -2.39. The number of nitrogens with zero attached hydrogens (tertiary/aromatic N) is 2. The van der Waals surface area contributed by atoms with Gasteiger partial charge in [0.1, 0.15) is 11.2 Å². The molecular weight excluding hydrogens is 424 g/mol. The molecule has 1 spiro atoms. The first kappa shape index (κ1) is 19.2. The van der Waals surface area contributed by atoms with Crippen LogP contribution in [-0.4, -0.2) is 26.6 Å². The summed E-state index contributed by atoms with van der Waals surface area (Å²) in [5.41, 5.74) is -1.75. The molecule has 1 aromatic heterocycles. The highest BCUT2D eigenvalue weighted by Gasteiger charge is 2.61. The van der Waals surface area contributed by atoms with E-state index in [0.29, 0.717) is 16.8 Å². The van der Waals surface area contributed by atoms with Gasteiger partial charge in [-0.25, -0.2) is 4.79 Å². The highest BCUT2D eigenvalue weighted by Crippen LogP contribution is 2.54. The van der Waals surface area contributed by atoms with Crippen LogP contribution in [0.1, 0.15) is 27.0 Å². The Kier molecular flexibility index (Phi) is 3.51. The zero-order chi connectivity index (χ0) is 23.2. The molecule has 6 rings (SSSR count). The fourth-order valence-corrected chi connectivity index (χ4v) is 5.20. The van der Waals surface area contributed by atoms with Crippen molar-refractivity contribution >= 4 is 34.7 Å². The van der Waals surface area contributed by atoms with Crippen LogP contribution in [0.15, 0.2) is 63.7 Å². The molecule has 33 heavy (non-hydrogen) atoms. The molecule has 3 aliphatic rings. The monoisotopic (exact) mass is 440 g/mol. The van der Waals surface area contributed by atoms with Crippen molar-refractivity contribution < 1.29 is 14.4 Å². The van der Waals surface area contributed by atoms with Gasteiger partial charge in [-0.05, 0) is 6.07 Å². The van der Waals surface area contributed by atoms with E-state index >= 15 is 0 Å². The summed E-state index contributed by atoms with van der Waals surface area (Å²) in [6.07, 6.45) is 0. The number of hydrogen-bond donors (Lipinski definition) is 2. The Morgan fingerprint density at radius 1 is 0.758 bits per heavy atom. The van der Waals surface area contributed by atoms with Gasteiger partial charge in [0.05, 0.1) is 16.8 Å². The van der Waals surface area contributed by atoms with E-state index in [1.165, 1.54) is 24.7 Å². The highest BCUT2D eigenvalue weighted by atomic mass is 16.2. The van der Waals surface area contributed by atoms with Gasteiger partial charge in [0.2, 0.25) is 17.5 Å². The second-order valence-electron chi connectivity index (χ2n) is 8.26. The number of benzene rings is 2. The van der Waals surface area contributed by atoms with Gasteiger partial charge >= 0.3 is 5.69 Å². The molecule has 9 nitrogen and oxygen atoms in total. The molecule has 1 unspecified atom stereocenters. The van der Waals surface area contributed by atoms with E-state index in [2.05, 4.69) is 10.6 Å². The summed E-state index contributed by atoms with van der Waals surface area (Å²) >= 11 is 0. The third-order valence-corrected chi connectivity index (χ3v) is 6.70. The summed E-state index contributed by atoms with van der Waals surface area (Å²) in [5.74, 6) is -2.15. The molecule has 2 aromatic carbocycles. The number of aromatic nitrogens is 2. The van der Waals surface area contributed by atoms with Gasteiger partial charge in [-0.15, -0.1) is 0 Å². The van der Waals surface area contributed by atoms with Crippen LogP contribution in [0, 0.1) is 0 Å². The van der Waals surface area contributed by atoms with Gasteiger partial charge in [-0.2, -0.15) is 0 Å². The van der Waals surface area contributed by atoms with Crippen molar-refractivity contribution in [2.45, 2.75) is 5.41 Å². The number of amides is 1. The first-order chi connectivity index (χ1) is 15.8. The minimum atomic E-state index is -1.90. The van der Waals surface area contributed by atoms with E-state index in [1.807, 2.05) is 0 Å². The van der Waals surface area contributed by atoms with Crippen LogP contribution in [0.2, 0.25) is 0 Å². The zero-order valence-corrected chi connectivity index (χ0v) is 17.6. The maximum Gasteiger partial charge on any atom is 0.332 e. The molecule has 1 aliphatic carbocycles. The molecule has 0 fully saturated rings. The molecule has 2 aliphatic heterocycles. The van der Waals surface area contributed by atoms with Gasteiger partial charge in [0.15, 0.2) is 0 Å². The standard InChI is InChI=1S/C24H16N4O5/c1-27-20-16(21(31)28(2)23(27)33)24(13-9-5-6-10-14(13)25-22(24)32)15-17(26-20)11-7-3-4-8-12(11)18(29)19(15)30/h3-10,26H,1-2H3,(H,25,32). The number of carbonyl (C=O) groups is 3. The van der Waals surface area contributed by atoms with Crippen LogP contribution in [-0.2, 0) is 29.1 Å². The molecule has 0 saturated carbocycles. The summed E-state index contributed by atoms with van der Waals surface area (Å²) in [6, 6.07) is 13.3. The maximum absolute atomic E-state index is 13.8. The van der Waals surface area contributed by atoms with E-state index in [-0.39, 0.29) is 28.2 Å². The van der Waals surface area contributed by atoms with E-state index in [1.54, 1.807) is 42.5 Å². The highest BCUT2D eigenvalue weighted by molar-refractivity contribution is 6.54. The van der Waals surface area contributed by atoms with E-state index in [4.69, 9.17) is 0 Å². The Morgan fingerprint density at radius 3 is 2.18 bits per heavy atom. The van der Waals surface area contributed by atoms with Crippen LogP contribution in [0.25, 0.3) is 5.70 Å². The number of carbonyl (C=O) groups excluding carboxylic acids is 3. The fourth-order valence-electron chi connectivity index (χ4n) is 5.20. The molecule has 1 amide bonds. The van der Waals surface area contributed by atoms with Crippen molar-refractivity contribution in [3.05, 3.63) is 97.2 Å². The quantitative estimate of drug-likeness (QED) is 0.502. The lowest BCUT2D eigenvalue weighted by atomic mass is 9.63. The first-order valence-corrected chi connectivity index (χ1v) is 10.2. The summed E-state index contributed by atoms with van der Waals surface area (Å²) in [5, 5.41) is 5.83. The molecule has 0 radical (unpaired) electrons. The van der Waals surface area contributed by atoms with Crippen molar-refractivity contribution in [3.8, 4) is 0 Å². The minimum Gasteiger partial charge on any atom is -0.340 e. The van der Waals surface area contributed by atoms with Gasteiger partial charge in [0, 0.05) is 36.5 Å². The predicted molar refractivity (Wildman–Crippen MR) is 119 cm³/mol. The summed E-state index contributed by atoms with van der Waals surface area (Å²) in [6.45, 7) is 0. The first-order valence-electron chi connectivity index (χ1n) is 10.2. The average Bonchev–Trinajstić information content (AvgIpc) is 3.11. The Balaban J connectivity index is 1.89. The predicted octanol–water partition coefficient (Wildman–Crippen LogP) is 0.924. The largest absolute Gasteiger partial charge is 0.340 e. The van der Waals surface area contributed by atoms with Crippen LogP contribution < -0.4 is 21.9 Å². The van der Waals surface area contributed by atoms with Crippen LogP contribution in [0.5, 0.6) is 0 Å². The molecule has 9 heteroatoms. The summed E-state index contributed by atoms with van der Waals surface area (Å²) < 4.78 is 2.13. The number of anilines is 2. The normalized spacial score (nSPS) is 20.1. The lowest BCUT2D eigenvalue weighted by Crippen LogP contribution is -2.54. The SMILES string of the molecule is Cn1c2c(c(=O)n(C)c1=O)C1(C(=O)Nc3ccccc31)C1=C(N2)c2ccccc2C(=O)C1=O. The van der Waals surface area contributed by atoms with Crippen LogP contribution >= 0.6 is 0 Å². The Morgan fingerprint density at radius 2 is 1.42 bits per heavy atom. The Bertz CT molecular complexity index is 1640. The van der Waals surface area contributed by atoms with E-state index in [0.717, 1.165) is 4.57 Å². The van der Waals surface area contributed by atoms with Crippen LogP contribution in [0.3, 0.4) is 0 Å². The smallest absolute Gasteiger partial charge is 0.332 e. The summed E-state index contributed by atoms with van der Waals surface area (Å²) in [7, 11) is 2.79. The number of para-hydroxylation sites is 1. The van der Waals surface area contributed by atoms with Gasteiger partial charge in [-0.3, -0.25) is 28.3 Å². The number of rotatable bonds is 0. The van der Waals surface area contributed by atoms with Crippen molar-refractivity contribution in [1.29, 1.82) is 0 Å². The number of nitrogens with one attached hydrogen (secondary N) is 2. The number of fused-ring (bicyclic) bond motifs is 7. The number of ketones is 2. The minimum absolute atomic E-state index is 0.0752. The topological polar surface area (TPSA) is 119 Å². The molecular formula is C24H16N4O5. The molecule has 1 atom stereocenters. The summed E-state index contributed by atoms with van der Waals surface area (Å²) in [4.78, 5) is 66.8. The maximum atomic E-state index is 13.8. The molecule has 3 aromatic rings. The second-order valence-corrected chi connectivity index (χ2v) is 8.26. The van der Waals surface area contributed by atoms with Gasteiger partial charge in [0.25, 0.3) is 5.56 Å². The van der Waals surface area contributed by atoms with Crippen LogP contribution in [0.4, 0.5) is 11.5 Å². The Hall–Kier alpha value is -4.53. The number of hydrogen-bond acceptors (Lipinski definition) is 6. The zero-order valence-electron chi connectivity index (χ0n) is 17.6. The third-order valence-electron chi connectivity index (χ3n) is 6.70. The second kappa shape index (κ2) is 6.04. The van der Waals surface area contributed by atoms with Crippen molar-refractivity contribution in [2.24, 2.45) is 14.1 Å². The molecule has 0 bridgehead atoms. The van der Waals surface area contributed by atoms with Gasteiger partial charge < -0.3 is 10.6 Å². The van der Waals surface area contributed by atoms with Crippen molar-refractivity contribution in [1.82, 2.24) is 9.13 Å². The Labute approximate surface area is 186 Å². The lowest BCUT2D eigenvalue weighted by molar-refractivity contribution is -0.120. The average molecular weight is 440 g/mol. The molecule has 2 N–H and O–H groups in total. The van der Waals surface area contributed by atoms with E-state index < -0.39 is 34.1 Å².